The van der Waals surface area contributed by atoms with Crippen LogP contribution in [-0.2, 0) is 11.8 Å². The number of nitrogens with zero attached hydrogens (tertiary/aromatic N) is 3. The zero-order chi connectivity index (χ0) is 25.9. The third-order valence-electron chi connectivity index (χ3n) is 6.81. The number of benzene rings is 1. The van der Waals surface area contributed by atoms with Crippen LogP contribution in [0.5, 0.6) is 0 Å². The van der Waals surface area contributed by atoms with Crippen LogP contribution < -0.4 is 10.6 Å². The van der Waals surface area contributed by atoms with Gasteiger partial charge in [0.15, 0.2) is 0 Å². The zero-order valence-corrected chi connectivity index (χ0v) is 20.7. The molecule has 3 aromatic rings. The number of nitrogens with one attached hydrogen (secondary N) is 2. The molecule has 1 aliphatic carbocycles. The van der Waals surface area contributed by atoms with Crippen molar-refractivity contribution in [1.29, 1.82) is 0 Å². The van der Waals surface area contributed by atoms with E-state index >= 15 is 0 Å². The Morgan fingerprint density at radius 1 is 1.08 bits per heavy atom. The second kappa shape index (κ2) is 10.6. The summed E-state index contributed by atoms with van der Waals surface area (Å²) in [7, 11) is 1.61. The first kappa shape index (κ1) is 25.5. The van der Waals surface area contributed by atoms with Crippen LogP contribution in [0.4, 0.5) is 14.5 Å². The highest BCUT2D eigenvalue weighted by molar-refractivity contribution is 6.00. The maximum absolute atomic E-state index is 14.4. The van der Waals surface area contributed by atoms with Gasteiger partial charge in [0.1, 0.15) is 11.7 Å². The Balaban J connectivity index is 1.56. The molecule has 36 heavy (non-hydrogen) atoms. The van der Waals surface area contributed by atoms with Crippen molar-refractivity contribution in [2.24, 2.45) is 13.0 Å². The van der Waals surface area contributed by atoms with Crippen LogP contribution in [0, 0.1) is 19.8 Å². The first-order valence-electron chi connectivity index (χ1n) is 12.1. The Morgan fingerprint density at radius 3 is 2.50 bits per heavy atom. The minimum Gasteiger partial charge on any atom is -0.339 e. The van der Waals surface area contributed by atoms with E-state index in [4.69, 9.17) is 0 Å². The fourth-order valence-electron chi connectivity index (χ4n) is 4.94. The highest BCUT2D eigenvalue weighted by atomic mass is 19.3. The topological polar surface area (TPSA) is 88.9 Å². The monoisotopic (exact) mass is 495 g/mol. The van der Waals surface area contributed by atoms with Crippen LogP contribution >= 0.6 is 0 Å². The average molecular weight is 496 g/mol. The van der Waals surface area contributed by atoms with Gasteiger partial charge in [-0.25, -0.2) is 8.78 Å². The highest BCUT2D eigenvalue weighted by Crippen LogP contribution is 2.37. The Kier molecular flexibility index (Phi) is 7.47. The lowest BCUT2D eigenvalue weighted by atomic mass is 9.89. The van der Waals surface area contributed by atoms with Crippen molar-refractivity contribution in [3.8, 4) is 11.1 Å². The van der Waals surface area contributed by atoms with Crippen LogP contribution in [0.3, 0.4) is 0 Å². The molecule has 0 saturated heterocycles. The summed E-state index contributed by atoms with van der Waals surface area (Å²) >= 11 is 0. The van der Waals surface area contributed by atoms with Crippen molar-refractivity contribution in [3.05, 3.63) is 65.7 Å². The van der Waals surface area contributed by atoms with E-state index in [1.807, 2.05) is 32.0 Å². The second-order valence-electron chi connectivity index (χ2n) is 9.51. The Morgan fingerprint density at radius 2 is 1.83 bits per heavy atom. The molecular weight excluding hydrogens is 464 g/mol. The van der Waals surface area contributed by atoms with Gasteiger partial charge >= 0.3 is 0 Å². The quantitative estimate of drug-likeness (QED) is 0.469. The molecule has 0 aliphatic heterocycles. The third kappa shape index (κ3) is 5.78. The maximum atomic E-state index is 14.4. The first-order chi connectivity index (χ1) is 17.1. The molecule has 0 bridgehead atoms. The number of pyridine rings is 1. The number of halogens is 2. The SMILES string of the molecule is Cc1ccnc(C)c1-c1ccc(NC(=O)C(NC(=O)c2ccnn2C)C2CCCCC(F)(F)C2)cc1. The predicted octanol–water partition coefficient (Wildman–Crippen LogP) is 5.05. The Bertz CT molecular complexity index is 1220. The molecule has 9 heteroatoms. The van der Waals surface area contributed by atoms with Gasteiger partial charge in [-0.1, -0.05) is 18.6 Å². The number of carbonyl (C=O) groups excluding carboxylic acids is 2. The van der Waals surface area contributed by atoms with Gasteiger partial charge in [0.05, 0.1) is 0 Å². The molecule has 0 spiro atoms. The lowest BCUT2D eigenvalue weighted by Crippen LogP contribution is -2.49. The third-order valence-corrected chi connectivity index (χ3v) is 6.81. The van der Waals surface area contributed by atoms with Gasteiger partial charge in [-0.05, 0) is 68.0 Å². The molecule has 1 fully saturated rings. The molecule has 190 valence electrons. The lowest BCUT2D eigenvalue weighted by molar-refractivity contribution is -0.120. The van der Waals surface area contributed by atoms with Crippen molar-refractivity contribution in [1.82, 2.24) is 20.1 Å². The summed E-state index contributed by atoms with van der Waals surface area (Å²) in [5.41, 5.74) is 4.74. The Labute approximate surface area is 209 Å². The van der Waals surface area contributed by atoms with E-state index in [-0.39, 0.29) is 12.1 Å². The van der Waals surface area contributed by atoms with Gasteiger partial charge in [-0.15, -0.1) is 0 Å². The molecule has 1 aliphatic rings. The van der Waals surface area contributed by atoms with Crippen molar-refractivity contribution in [2.75, 3.05) is 5.32 Å². The smallest absolute Gasteiger partial charge is 0.270 e. The number of aromatic nitrogens is 3. The van der Waals surface area contributed by atoms with E-state index in [2.05, 4.69) is 20.7 Å². The first-order valence-corrected chi connectivity index (χ1v) is 12.1. The predicted molar refractivity (Wildman–Crippen MR) is 134 cm³/mol. The van der Waals surface area contributed by atoms with E-state index in [9.17, 15) is 18.4 Å². The fourth-order valence-corrected chi connectivity index (χ4v) is 4.94. The second-order valence-corrected chi connectivity index (χ2v) is 9.51. The largest absolute Gasteiger partial charge is 0.339 e. The molecule has 2 N–H and O–H groups in total. The van der Waals surface area contributed by atoms with Crippen molar-refractivity contribution in [3.63, 3.8) is 0 Å². The van der Waals surface area contributed by atoms with E-state index in [1.165, 1.54) is 16.9 Å². The minimum atomic E-state index is -2.88. The van der Waals surface area contributed by atoms with Crippen molar-refractivity contribution >= 4 is 17.5 Å². The lowest BCUT2D eigenvalue weighted by Gasteiger charge is -2.28. The van der Waals surface area contributed by atoms with Gasteiger partial charge in [0.2, 0.25) is 11.8 Å². The molecule has 2 unspecified atom stereocenters. The molecule has 1 saturated carbocycles. The molecule has 2 heterocycles. The van der Waals surface area contributed by atoms with E-state index < -0.39 is 36.1 Å². The average Bonchev–Trinajstić information content (AvgIpc) is 3.17. The highest BCUT2D eigenvalue weighted by Gasteiger charge is 2.40. The summed E-state index contributed by atoms with van der Waals surface area (Å²) in [4.78, 5) is 30.6. The number of hydrogen-bond acceptors (Lipinski definition) is 4. The number of hydrogen-bond donors (Lipinski definition) is 2. The summed E-state index contributed by atoms with van der Waals surface area (Å²) in [6.45, 7) is 3.95. The van der Waals surface area contributed by atoms with Crippen LogP contribution in [0.1, 0.15) is 53.8 Å². The van der Waals surface area contributed by atoms with Crippen LogP contribution in [-0.4, -0.2) is 38.5 Å². The summed E-state index contributed by atoms with van der Waals surface area (Å²) < 4.78 is 30.3. The number of alkyl halides is 2. The summed E-state index contributed by atoms with van der Waals surface area (Å²) in [5.74, 6) is -4.62. The van der Waals surface area contributed by atoms with Gasteiger partial charge in [-0.3, -0.25) is 19.3 Å². The molecule has 2 aromatic heterocycles. The van der Waals surface area contributed by atoms with Crippen LogP contribution in [0.2, 0.25) is 0 Å². The molecule has 1 aromatic carbocycles. The van der Waals surface area contributed by atoms with E-state index in [1.54, 1.807) is 25.4 Å². The molecule has 4 rings (SSSR count). The van der Waals surface area contributed by atoms with E-state index in [0.29, 0.717) is 24.9 Å². The minimum absolute atomic E-state index is 0.206. The van der Waals surface area contributed by atoms with Crippen LogP contribution in [0.25, 0.3) is 11.1 Å². The fraction of sp³-hybridized carbons (Fsp3) is 0.407. The van der Waals surface area contributed by atoms with Crippen molar-refractivity contribution in [2.45, 2.75) is 57.9 Å². The maximum Gasteiger partial charge on any atom is 0.270 e. The number of amides is 2. The van der Waals surface area contributed by atoms with Gasteiger partial charge in [0.25, 0.3) is 5.91 Å². The molecular formula is C27H31F2N5O2. The van der Waals surface area contributed by atoms with Gasteiger partial charge in [-0.2, -0.15) is 5.10 Å². The summed E-state index contributed by atoms with van der Waals surface area (Å²) in [5, 5.41) is 9.52. The summed E-state index contributed by atoms with van der Waals surface area (Å²) in [6, 6.07) is 9.65. The zero-order valence-electron chi connectivity index (χ0n) is 20.7. The number of anilines is 1. The van der Waals surface area contributed by atoms with E-state index in [0.717, 1.165) is 22.4 Å². The molecule has 0 radical (unpaired) electrons. The Hall–Kier alpha value is -3.62. The molecule has 7 nitrogen and oxygen atoms in total. The van der Waals surface area contributed by atoms with Crippen LogP contribution in [0.15, 0.2) is 48.8 Å². The van der Waals surface area contributed by atoms with Crippen molar-refractivity contribution < 1.29 is 18.4 Å². The standard InChI is InChI=1S/C27H31F2N5O2/c1-17-11-14-30-18(2)23(17)19-7-9-21(10-8-19)32-26(36)24(20-6-4-5-13-27(28,29)16-20)33-25(35)22-12-15-31-34(22)3/h7-12,14-15,20,24H,4-6,13,16H2,1-3H3,(H,32,36)(H,33,35). The number of aryl methyl sites for hydroxylation is 3. The summed E-state index contributed by atoms with van der Waals surface area (Å²) in [6.07, 6.45) is 3.97. The van der Waals surface area contributed by atoms with Gasteiger partial charge in [0, 0.05) is 49.2 Å². The number of carbonyl (C=O) groups is 2. The van der Waals surface area contributed by atoms with Gasteiger partial charge < -0.3 is 10.6 Å². The normalized spacial score (nSPS) is 18.2. The molecule has 2 amide bonds. The molecule has 2 atom stereocenters. The number of rotatable bonds is 6.